The molecule has 0 amide bonds. The quantitative estimate of drug-likeness (QED) is 0.590. The average molecular weight is 387 g/mol. The summed E-state index contributed by atoms with van der Waals surface area (Å²) in [6.45, 7) is 5.12. The Balaban J connectivity index is 2.58. The molecule has 0 aliphatic heterocycles. The van der Waals surface area contributed by atoms with Crippen molar-refractivity contribution in [2.24, 2.45) is 0 Å². The van der Waals surface area contributed by atoms with Crippen molar-refractivity contribution in [2.75, 3.05) is 25.7 Å². The first-order valence-electron chi connectivity index (χ1n) is 8.10. The minimum atomic E-state index is -0.926. The van der Waals surface area contributed by atoms with Crippen LogP contribution < -0.4 is 25.7 Å². The highest BCUT2D eigenvalue weighted by Crippen LogP contribution is 2.42. The number of carbonyl (C=O) groups is 1. The average Bonchev–Trinajstić information content (AvgIpc) is 2.59. The number of benzene rings is 1. The number of aromatic nitrogens is 2. The van der Waals surface area contributed by atoms with Crippen molar-refractivity contribution < 1.29 is 23.7 Å². The van der Waals surface area contributed by atoms with Gasteiger partial charge in [0.15, 0.2) is 11.5 Å². The smallest absolute Gasteiger partial charge is 0.493 e. The van der Waals surface area contributed by atoms with Crippen LogP contribution in [0.3, 0.4) is 0 Å². The molecule has 0 bridgehead atoms. The summed E-state index contributed by atoms with van der Waals surface area (Å²) >= 11 is 0. The summed E-state index contributed by atoms with van der Waals surface area (Å²) in [7, 11) is 2.77. The third-order valence-corrected chi connectivity index (χ3v) is 3.38. The summed E-state index contributed by atoms with van der Waals surface area (Å²) < 4.78 is 21.1. The zero-order valence-electron chi connectivity index (χ0n) is 16.2. The number of hydrogen-bond donors (Lipinski definition) is 2. The van der Waals surface area contributed by atoms with Crippen LogP contribution in [-0.4, -0.2) is 35.9 Å². The lowest BCUT2D eigenvalue weighted by atomic mass is 10.1. The molecule has 1 heterocycles. The van der Waals surface area contributed by atoms with E-state index in [2.05, 4.69) is 9.97 Å². The first-order valence-corrected chi connectivity index (χ1v) is 8.10. The molecular weight excluding hydrogens is 366 g/mol. The van der Waals surface area contributed by atoms with Gasteiger partial charge in [0.25, 0.3) is 0 Å². The van der Waals surface area contributed by atoms with E-state index in [0.29, 0.717) is 5.56 Å². The van der Waals surface area contributed by atoms with Gasteiger partial charge in [-0.3, -0.25) is 0 Å². The van der Waals surface area contributed by atoms with Gasteiger partial charge in [-0.2, -0.15) is 10.2 Å². The maximum atomic E-state index is 12.1. The SMILES string of the molecule is COc1cc(-c2nc(N)nc(N)c2C#N)cc(OC)c1OC(=O)OC(C)(C)C. The van der Waals surface area contributed by atoms with Gasteiger partial charge in [0, 0.05) is 5.56 Å². The van der Waals surface area contributed by atoms with Crippen LogP contribution in [0.4, 0.5) is 16.6 Å². The van der Waals surface area contributed by atoms with Gasteiger partial charge in [-0.05, 0) is 32.9 Å². The molecular formula is C18H21N5O5. The molecule has 0 aliphatic carbocycles. The third kappa shape index (κ3) is 4.50. The van der Waals surface area contributed by atoms with E-state index in [-0.39, 0.29) is 40.3 Å². The highest BCUT2D eigenvalue weighted by atomic mass is 16.7. The van der Waals surface area contributed by atoms with Crippen molar-refractivity contribution in [2.45, 2.75) is 26.4 Å². The highest BCUT2D eigenvalue weighted by molar-refractivity contribution is 5.78. The number of rotatable bonds is 4. The van der Waals surface area contributed by atoms with Crippen molar-refractivity contribution in [1.29, 1.82) is 5.26 Å². The molecule has 0 saturated carbocycles. The van der Waals surface area contributed by atoms with Gasteiger partial charge in [0.1, 0.15) is 23.1 Å². The number of nitrogens with zero attached hydrogens (tertiary/aromatic N) is 3. The Bertz CT molecular complexity index is 922. The van der Waals surface area contributed by atoms with Gasteiger partial charge in [0.05, 0.1) is 19.9 Å². The minimum Gasteiger partial charge on any atom is -0.493 e. The number of nitrogen functional groups attached to an aromatic ring is 2. The number of nitrogens with two attached hydrogens (primary N) is 2. The van der Waals surface area contributed by atoms with Crippen LogP contribution in [0, 0.1) is 11.3 Å². The lowest BCUT2D eigenvalue weighted by molar-refractivity contribution is 0.0195. The number of methoxy groups -OCH3 is 2. The van der Waals surface area contributed by atoms with Gasteiger partial charge in [0.2, 0.25) is 11.7 Å². The standard InChI is InChI=1S/C18H21N5O5/c1-18(2,3)28-17(24)27-14-11(25-4)6-9(7-12(14)26-5)13-10(8-19)15(20)23-16(21)22-13/h6-7H,1-5H3,(H4,20,21,22,23). The molecule has 0 aliphatic rings. The zero-order chi connectivity index (χ0) is 21.1. The molecule has 2 rings (SSSR count). The molecule has 2 aromatic rings. The van der Waals surface area contributed by atoms with Gasteiger partial charge in [-0.1, -0.05) is 0 Å². The Morgan fingerprint density at radius 1 is 1.11 bits per heavy atom. The second-order valence-electron chi connectivity index (χ2n) is 6.58. The minimum absolute atomic E-state index is 0.0107. The summed E-state index contributed by atoms with van der Waals surface area (Å²) in [6, 6.07) is 4.95. The predicted octanol–water partition coefficient (Wildman–Crippen LogP) is 2.51. The van der Waals surface area contributed by atoms with Gasteiger partial charge in [-0.25, -0.2) is 9.78 Å². The Kier molecular flexibility index (Phi) is 5.78. The van der Waals surface area contributed by atoms with E-state index in [1.807, 2.05) is 6.07 Å². The number of carbonyl (C=O) groups excluding carboxylic acids is 1. The van der Waals surface area contributed by atoms with Crippen LogP contribution >= 0.6 is 0 Å². The monoisotopic (exact) mass is 387 g/mol. The number of anilines is 2. The van der Waals surface area contributed by atoms with Crippen LogP contribution in [0.2, 0.25) is 0 Å². The Morgan fingerprint density at radius 2 is 1.68 bits per heavy atom. The van der Waals surface area contributed by atoms with E-state index in [4.69, 9.17) is 30.4 Å². The third-order valence-electron chi connectivity index (χ3n) is 3.38. The maximum absolute atomic E-state index is 12.1. The molecule has 0 atom stereocenters. The van der Waals surface area contributed by atoms with Crippen LogP contribution in [0.5, 0.6) is 17.2 Å². The van der Waals surface area contributed by atoms with Crippen LogP contribution in [0.25, 0.3) is 11.3 Å². The Hall–Kier alpha value is -3.74. The summed E-state index contributed by atoms with van der Waals surface area (Å²) in [5, 5.41) is 9.39. The highest BCUT2D eigenvalue weighted by Gasteiger charge is 2.24. The van der Waals surface area contributed by atoms with E-state index in [1.165, 1.54) is 26.4 Å². The lowest BCUT2D eigenvalue weighted by Gasteiger charge is -2.20. The van der Waals surface area contributed by atoms with E-state index in [1.54, 1.807) is 20.8 Å². The Labute approximate surface area is 162 Å². The number of hydrogen-bond acceptors (Lipinski definition) is 10. The number of nitriles is 1. The molecule has 0 radical (unpaired) electrons. The molecule has 10 nitrogen and oxygen atoms in total. The van der Waals surface area contributed by atoms with Gasteiger partial charge in [-0.15, -0.1) is 0 Å². The van der Waals surface area contributed by atoms with Crippen molar-refractivity contribution in [3.63, 3.8) is 0 Å². The van der Waals surface area contributed by atoms with Crippen LogP contribution in [-0.2, 0) is 4.74 Å². The molecule has 0 spiro atoms. The van der Waals surface area contributed by atoms with Crippen molar-refractivity contribution in [3.8, 4) is 34.6 Å². The predicted molar refractivity (Wildman–Crippen MR) is 101 cm³/mol. The number of ether oxygens (including phenoxy) is 4. The van der Waals surface area contributed by atoms with Crippen molar-refractivity contribution in [3.05, 3.63) is 17.7 Å². The summed E-state index contributed by atoms with van der Waals surface area (Å²) in [4.78, 5) is 19.9. The lowest BCUT2D eigenvalue weighted by Crippen LogP contribution is -2.26. The zero-order valence-corrected chi connectivity index (χ0v) is 16.2. The summed E-state index contributed by atoms with van der Waals surface area (Å²) in [5.74, 6) is 0.159. The van der Waals surface area contributed by atoms with E-state index >= 15 is 0 Å². The molecule has 0 unspecified atom stereocenters. The fraction of sp³-hybridized carbons (Fsp3) is 0.333. The normalized spacial score (nSPS) is 10.7. The van der Waals surface area contributed by atoms with Crippen LogP contribution in [0.1, 0.15) is 26.3 Å². The second kappa shape index (κ2) is 7.87. The van der Waals surface area contributed by atoms with E-state index < -0.39 is 11.8 Å². The van der Waals surface area contributed by atoms with Gasteiger partial charge < -0.3 is 30.4 Å². The first kappa shape index (κ1) is 20.6. The molecule has 0 saturated heterocycles. The first-order chi connectivity index (χ1) is 13.1. The van der Waals surface area contributed by atoms with E-state index in [0.717, 1.165) is 0 Å². The van der Waals surface area contributed by atoms with Crippen LogP contribution in [0.15, 0.2) is 12.1 Å². The van der Waals surface area contributed by atoms with Crippen molar-refractivity contribution >= 4 is 17.9 Å². The second-order valence-corrected chi connectivity index (χ2v) is 6.58. The summed E-state index contributed by atoms with van der Waals surface area (Å²) in [6.07, 6.45) is -0.926. The molecule has 1 aromatic heterocycles. The molecule has 28 heavy (non-hydrogen) atoms. The van der Waals surface area contributed by atoms with E-state index in [9.17, 15) is 10.1 Å². The van der Waals surface area contributed by atoms with Gasteiger partial charge >= 0.3 is 6.16 Å². The summed E-state index contributed by atoms with van der Waals surface area (Å²) in [5.41, 5.74) is 11.3. The molecule has 4 N–H and O–H groups in total. The molecule has 1 aromatic carbocycles. The topological polar surface area (TPSA) is 156 Å². The molecule has 10 heteroatoms. The Morgan fingerprint density at radius 3 is 2.14 bits per heavy atom. The molecule has 0 fully saturated rings. The molecule has 148 valence electrons. The van der Waals surface area contributed by atoms with Crippen molar-refractivity contribution in [1.82, 2.24) is 9.97 Å². The fourth-order valence-corrected chi connectivity index (χ4v) is 2.29. The fourth-order valence-electron chi connectivity index (χ4n) is 2.29. The largest absolute Gasteiger partial charge is 0.514 e. The maximum Gasteiger partial charge on any atom is 0.514 e.